The lowest BCUT2D eigenvalue weighted by Gasteiger charge is -2.11. The third kappa shape index (κ3) is 4.47. The number of anilines is 1. The molecule has 2 heterocycles. The van der Waals surface area contributed by atoms with E-state index >= 15 is 0 Å². The summed E-state index contributed by atoms with van der Waals surface area (Å²) < 4.78 is 10.5. The third-order valence-corrected chi connectivity index (χ3v) is 3.85. The van der Waals surface area contributed by atoms with Crippen molar-refractivity contribution in [3.63, 3.8) is 0 Å². The van der Waals surface area contributed by atoms with E-state index in [1.165, 1.54) is 18.0 Å². The second-order valence-electron chi connectivity index (χ2n) is 6.32. The number of hydrazone groups is 1. The van der Waals surface area contributed by atoms with Crippen LogP contribution >= 0.6 is 0 Å². The fourth-order valence-corrected chi connectivity index (χ4v) is 2.47. The largest absolute Gasteiger partial charge is 0.465 e. The molecule has 0 atom stereocenters. The summed E-state index contributed by atoms with van der Waals surface area (Å²) in [6.07, 6.45) is 1.43. The number of nitrogen functional groups attached to an aromatic ring is 1. The standard InChI is InChI=1S/C17H19N9O4/c1-25(2)9-12-13(20-24-26(12)15-14(18)22-30-23-15)16(27)21-19-8-10-4-6-11(7-5-10)17(28)29-3/h4-8H,9H2,1-3H3,(H2,18,22)(H,21,27)/b19-8+. The first-order valence-corrected chi connectivity index (χ1v) is 8.60. The van der Waals surface area contributed by atoms with E-state index in [4.69, 9.17) is 5.73 Å². The van der Waals surface area contributed by atoms with E-state index in [9.17, 15) is 9.59 Å². The molecule has 30 heavy (non-hydrogen) atoms. The molecule has 0 saturated heterocycles. The van der Waals surface area contributed by atoms with Crippen molar-refractivity contribution in [1.29, 1.82) is 0 Å². The Morgan fingerprint density at radius 3 is 2.63 bits per heavy atom. The van der Waals surface area contributed by atoms with Crippen molar-refractivity contribution in [2.75, 3.05) is 26.9 Å². The average molecular weight is 413 g/mol. The first kappa shape index (κ1) is 20.6. The molecule has 0 radical (unpaired) electrons. The molecule has 0 aliphatic rings. The van der Waals surface area contributed by atoms with Crippen LogP contribution in [0.1, 0.15) is 32.1 Å². The highest BCUT2D eigenvalue weighted by molar-refractivity contribution is 5.94. The SMILES string of the molecule is COC(=O)c1ccc(/C=N/NC(=O)c2nnn(-c3nonc3N)c2CN(C)C)cc1. The predicted molar refractivity (Wildman–Crippen MR) is 104 cm³/mol. The first-order valence-electron chi connectivity index (χ1n) is 8.60. The van der Waals surface area contributed by atoms with Crippen LogP contribution in [0.15, 0.2) is 34.0 Å². The lowest BCUT2D eigenvalue weighted by molar-refractivity contribution is 0.0600. The number of aromatic nitrogens is 5. The molecule has 13 nitrogen and oxygen atoms in total. The van der Waals surface area contributed by atoms with E-state index in [1.807, 2.05) is 19.0 Å². The van der Waals surface area contributed by atoms with Crippen LogP contribution < -0.4 is 11.2 Å². The Morgan fingerprint density at radius 2 is 2.03 bits per heavy atom. The van der Waals surface area contributed by atoms with Crippen molar-refractivity contribution in [2.24, 2.45) is 5.10 Å². The van der Waals surface area contributed by atoms with Crippen LogP contribution in [0.4, 0.5) is 5.82 Å². The van der Waals surface area contributed by atoms with Crippen molar-refractivity contribution in [3.8, 4) is 5.82 Å². The van der Waals surface area contributed by atoms with E-state index in [1.54, 1.807) is 24.3 Å². The van der Waals surface area contributed by atoms with Crippen LogP contribution in [0.5, 0.6) is 0 Å². The van der Waals surface area contributed by atoms with Crippen LogP contribution in [-0.2, 0) is 11.3 Å². The number of carbonyl (C=O) groups is 2. The summed E-state index contributed by atoms with van der Waals surface area (Å²) in [5, 5.41) is 19.0. The van der Waals surface area contributed by atoms with Gasteiger partial charge in [0.1, 0.15) is 0 Å². The van der Waals surface area contributed by atoms with E-state index < -0.39 is 11.9 Å². The van der Waals surface area contributed by atoms with Gasteiger partial charge in [-0.1, -0.05) is 17.3 Å². The number of nitrogens with two attached hydrogens (primary N) is 1. The number of nitrogens with zero attached hydrogens (tertiary/aromatic N) is 7. The highest BCUT2D eigenvalue weighted by Gasteiger charge is 2.24. The van der Waals surface area contributed by atoms with Crippen LogP contribution in [0.3, 0.4) is 0 Å². The minimum Gasteiger partial charge on any atom is -0.465 e. The van der Waals surface area contributed by atoms with Crippen LogP contribution in [0, 0.1) is 0 Å². The number of esters is 1. The quantitative estimate of drug-likeness (QED) is 0.302. The van der Waals surface area contributed by atoms with Gasteiger partial charge in [0.05, 0.1) is 24.6 Å². The minimum atomic E-state index is -0.574. The molecule has 0 spiro atoms. The second-order valence-corrected chi connectivity index (χ2v) is 6.32. The second kappa shape index (κ2) is 8.91. The average Bonchev–Trinajstić information content (AvgIpc) is 3.33. The fraction of sp³-hybridized carbons (Fsp3) is 0.235. The van der Waals surface area contributed by atoms with E-state index in [-0.39, 0.29) is 17.3 Å². The monoisotopic (exact) mass is 413 g/mol. The molecular formula is C17H19N9O4. The highest BCUT2D eigenvalue weighted by Crippen LogP contribution is 2.16. The van der Waals surface area contributed by atoms with Crippen molar-refractivity contribution >= 4 is 23.9 Å². The summed E-state index contributed by atoms with van der Waals surface area (Å²) in [7, 11) is 4.95. The molecule has 0 fully saturated rings. The minimum absolute atomic E-state index is 0.0142. The topological polar surface area (TPSA) is 167 Å². The summed E-state index contributed by atoms with van der Waals surface area (Å²) in [4.78, 5) is 25.8. The maximum Gasteiger partial charge on any atom is 0.337 e. The van der Waals surface area contributed by atoms with Gasteiger partial charge < -0.3 is 15.4 Å². The highest BCUT2D eigenvalue weighted by atomic mass is 16.6. The maximum atomic E-state index is 12.6. The molecule has 3 aromatic rings. The molecule has 1 aromatic carbocycles. The lowest BCUT2D eigenvalue weighted by atomic mass is 10.1. The summed E-state index contributed by atoms with van der Waals surface area (Å²) in [6, 6.07) is 6.50. The zero-order valence-corrected chi connectivity index (χ0v) is 16.4. The van der Waals surface area contributed by atoms with Crippen molar-refractivity contribution in [2.45, 2.75) is 6.54 Å². The predicted octanol–water partition coefficient (Wildman–Crippen LogP) is -0.155. The summed E-state index contributed by atoms with van der Waals surface area (Å²) >= 11 is 0. The summed E-state index contributed by atoms with van der Waals surface area (Å²) in [5.74, 6) is -0.866. The van der Waals surface area contributed by atoms with Gasteiger partial charge in [-0.3, -0.25) is 4.79 Å². The molecule has 156 valence electrons. The van der Waals surface area contributed by atoms with Gasteiger partial charge in [-0.2, -0.15) is 9.78 Å². The molecule has 1 amide bonds. The lowest BCUT2D eigenvalue weighted by Crippen LogP contribution is -2.23. The molecule has 0 bridgehead atoms. The smallest absolute Gasteiger partial charge is 0.337 e. The molecule has 3 rings (SSSR count). The fourth-order valence-electron chi connectivity index (χ4n) is 2.47. The van der Waals surface area contributed by atoms with Crippen molar-refractivity contribution < 1.29 is 19.0 Å². The molecule has 0 aliphatic carbocycles. The molecule has 0 aliphatic heterocycles. The maximum absolute atomic E-state index is 12.6. The number of benzene rings is 1. The summed E-state index contributed by atoms with van der Waals surface area (Å²) in [6.45, 7) is 0.320. The first-order chi connectivity index (χ1) is 14.4. The number of rotatable bonds is 7. The summed E-state index contributed by atoms with van der Waals surface area (Å²) in [5.41, 5.74) is 9.66. The molecule has 13 heteroatoms. The molecular weight excluding hydrogens is 394 g/mol. The Balaban J connectivity index is 1.76. The van der Waals surface area contributed by atoms with Crippen LogP contribution in [0.2, 0.25) is 0 Å². The van der Waals surface area contributed by atoms with Crippen LogP contribution in [0.25, 0.3) is 5.82 Å². The van der Waals surface area contributed by atoms with Gasteiger partial charge in [-0.25, -0.2) is 14.8 Å². The number of nitrogens with one attached hydrogen (secondary N) is 1. The molecule has 3 N–H and O–H groups in total. The van der Waals surface area contributed by atoms with Gasteiger partial charge in [-0.15, -0.1) is 5.10 Å². The number of carbonyl (C=O) groups excluding carboxylic acids is 2. The van der Waals surface area contributed by atoms with E-state index in [2.05, 4.69) is 40.5 Å². The van der Waals surface area contributed by atoms with Gasteiger partial charge in [0.2, 0.25) is 11.6 Å². The zero-order valence-electron chi connectivity index (χ0n) is 16.4. The zero-order chi connectivity index (χ0) is 21.7. The van der Waals surface area contributed by atoms with Gasteiger partial charge in [0.25, 0.3) is 5.91 Å². The number of amides is 1. The van der Waals surface area contributed by atoms with E-state index in [0.29, 0.717) is 23.4 Å². The normalized spacial score (nSPS) is 11.2. The van der Waals surface area contributed by atoms with Gasteiger partial charge >= 0.3 is 5.97 Å². The van der Waals surface area contributed by atoms with Gasteiger partial charge in [0.15, 0.2) is 5.69 Å². The third-order valence-electron chi connectivity index (χ3n) is 3.85. The molecule has 0 saturated carbocycles. The van der Waals surface area contributed by atoms with Crippen LogP contribution in [-0.4, -0.2) is 69.5 Å². The van der Waals surface area contributed by atoms with Gasteiger partial charge in [0, 0.05) is 6.54 Å². The van der Waals surface area contributed by atoms with Crippen molar-refractivity contribution in [3.05, 3.63) is 46.8 Å². The van der Waals surface area contributed by atoms with Gasteiger partial charge in [-0.05, 0) is 42.1 Å². The Hall–Kier alpha value is -4.13. The van der Waals surface area contributed by atoms with E-state index in [0.717, 1.165) is 0 Å². The number of hydrogen-bond donors (Lipinski definition) is 2. The Kier molecular flexibility index (Phi) is 6.12. The van der Waals surface area contributed by atoms with Crippen molar-refractivity contribution in [1.82, 2.24) is 35.6 Å². The number of hydrogen-bond acceptors (Lipinski definition) is 11. The Morgan fingerprint density at radius 1 is 1.30 bits per heavy atom. The number of methoxy groups -OCH3 is 1. The molecule has 0 unspecified atom stereocenters. The molecule has 2 aromatic heterocycles. The Bertz CT molecular complexity index is 1070. The number of ether oxygens (including phenoxy) is 1. The Labute approximate surface area is 170 Å².